The molecule has 0 atom stereocenters. The molecule has 0 aliphatic rings. The minimum absolute atomic E-state index is 0.349. The molecule has 2 nitrogen and oxygen atoms in total. The number of hydrogen-bond acceptors (Lipinski definition) is 3. The number of aryl methyl sites for hydroxylation is 2. The van der Waals surface area contributed by atoms with E-state index in [1.807, 2.05) is 0 Å². The Labute approximate surface area is 90.8 Å². The largest absolute Gasteiger partial charge is 0.310 e. The maximum Gasteiger partial charge on any atom is 0.107 e. The van der Waals surface area contributed by atoms with Crippen LogP contribution in [-0.4, -0.2) is 11.5 Å². The molecule has 0 aromatic carbocycles. The van der Waals surface area contributed by atoms with E-state index in [0.29, 0.717) is 5.41 Å². The molecule has 1 heterocycles. The normalized spacial score (nSPS) is 12.1. The Morgan fingerprint density at radius 2 is 1.93 bits per heavy atom. The second kappa shape index (κ2) is 4.41. The highest BCUT2D eigenvalue weighted by Crippen LogP contribution is 2.16. The fourth-order valence-corrected chi connectivity index (χ4v) is 2.06. The summed E-state index contributed by atoms with van der Waals surface area (Å²) in [5.41, 5.74) is 1.52. The summed E-state index contributed by atoms with van der Waals surface area (Å²) in [6.07, 6.45) is 0. The fraction of sp³-hybridized carbons (Fsp3) is 0.727. The molecule has 0 spiro atoms. The maximum absolute atomic E-state index is 4.49. The van der Waals surface area contributed by atoms with E-state index in [2.05, 4.69) is 44.9 Å². The van der Waals surface area contributed by atoms with Crippen LogP contribution in [0.5, 0.6) is 0 Å². The second-order valence-corrected chi connectivity index (χ2v) is 6.20. The molecule has 0 aliphatic heterocycles. The number of nitrogens with zero attached hydrogens (tertiary/aromatic N) is 1. The molecular weight excluding hydrogens is 192 g/mol. The molecule has 1 N–H and O–H groups in total. The van der Waals surface area contributed by atoms with E-state index in [0.717, 1.165) is 13.1 Å². The third-order valence-electron chi connectivity index (χ3n) is 2.00. The molecule has 0 saturated carbocycles. The van der Waals surface area contributed by atoms with E-state index in [-0.39, 0.29) is 0 Å². The van der Waals surface area contributed by atoms with E-state index in [1.54, 1.807) is 11.3 Å². The van der Waals surface area contributed by atoms with Crippen LogP contribution in [0.15, 0.2) is 0 Å². The van der Waals surface area contributed by atoms with E-state index in [1.165, 1.54) is 15.6 Å². The first-order valence-electron chi connectivity index (χ1n) is 5.02. The van der Waals surface area contributed by atoms with Crippen LogP contribution < -0.4 is 5.32 Å². The van der Waals surface area contributed by atoms with Crippen LogP contribution >= 0.6 is 11.3 Å². The van der Waals surface area contributed by atoms with Gasteiger partial charge in [-0.15, -0.1) is 11.3 Å². The second-order valence-electron chi connectivity index (χ2n) is 4.91. The molecule has 0 aliphatic carbocycles. The standard InChI is InChI=1S/C11H20N2S/c1-8-9(2)14-10(13-8)6-12-7-11(3,4)5/h12H,6-7H2,1-5H3. The molecule has 0 unspecified atom stereocenters. The van der Waals surface area contributed by atoms with Crippen molar-refractivity contribution in [3.05, 3.63) is 15.6 Å². The van der Waals surface area contributed by atoms with Gasteiger partial charge in [-0.1, -0.05) is 20.8 Å². The summed E-state index contributed by atoms with van der Waals surface area (Å²) in [4.78, 5) is 5.82. The van der Waals surface area contributed by atoms with Gasteiger partial charge in [-0.25, -0.2) is 4.98 Å². The van der Waals surface area contributed by atoms with Crippen molar-refractivity contribution in [1.82, 2.24) is 10.3 Å². The number of aromatic nitrogens is 1. The fourth-order valence-electron chi connectivity index (χ4n) is 1.16. The molecular formula is C11H20N2S. The Morgan fingerprint density at radius 1 is 1.29 bits per heavy atom. The van der Waals surface area contributed by atoms with Crippen LogP contribution in [0.3, 0.4) is 0 Å². The predicted molar refractivity (Wildman–Crippen MR) is 62.7 cm³/mol. The average Bonchev–Trinajstić information content (AvgIpc) is 2.28. The lowest BCUT2D eigenvalue weighted by atomic mass is 9.97. The molecule has 14 heavy (non-hydrogen) atoms. The van der Waals surface area contributed by atoms with Gasteiger partial charge in [0, 0.05) is 18.0 Å². The van der Waals surface area contributed by atoms with Crippen molar-refractivity contribution in [1.29, 1.82) is 0 Å². The number of nitrogens with one attached hydrogen (secondary N) is 1. The summed E-state index contributed by atoms with van der Waals surface area (Å²) in [5, 5.41) is 4.63. The van der Waals surface area contributed by atoms with Crippen molar-refractivity contribution >= 4 is 11.3 Å². The number of hydrogen-bond donors (Lipinski definition) is 1. The quantitative estimate of drug-likeness (QED) is 0.833. The predicted octanol–water partition coefficient (Wildman–Crippen LogP) is 2.90. The molecule has 0 fully saturated rings. The molecule has 0 bridgehead atoms. The Bertz CT molecular complexity index is 277. The Hall–Kier alpha value is -0.410. The van der Waals surface area contributed by atoms with Crippen molar-refractivity contribution in [3.8, 4) is 0 Å². The lowest BCUT2D eigenvalue weighted by Gasteiger charge is -2.18. The van der Waals surface area contributed by atoms with Gasteiger partial charge in [0.1, 0.15) is 5.01 Å². The molecule has 0 saturated heterocycles. The van der Waals surface area contributed by atoms with E-state index >= 15 is 0 Å². The molecule has 0 radical (unpaired) electrons. The van der Waals surface area contributed by atoms with Crippen molar-refractivity contribution in [2.45, 2.75) is 41.2 Å². The summed E-state index contributed by atoms with van der Waals surface area (Å²) in [5.74, 6) is 0. The zero-order valence-corrected chi connectivity index (χ0v) is 10.6. The Balaban J connectivity index is 2.39. The van der Waals surface area contributed by atoms with Gasteiger partial charge < -0.3 is 5.32 Å². The average molecular weight is 212 g/mol. The van der Waals surface area contributed by atoms with Crippen LogP contribution in [-0.2, 0) is 6.54 Å². The van der Waals surface area contributed by atoms with Crippen molar-refractivity contribution < 1.29 is 0 Å². The highest BCUT2D eigenvalue weighted by Gasteiger charge is 2.10. The van der Waals surface area contributed by atoms with Crippen LogP contribution in [0, 0.1) is 19.3 Å². The first-order chi connectivity index (χ1) is 6.38. The van der Waals surface area contributed by atoms with Crippen molar-refractivity contribution in [2.75, 3.05) is 6.54 Å². The van der Waals surface area contributed by atoms with Crippen molar-refractivity contribution in [3.63, 3.8) is 0 Å². The van der Waals surface area contributed by atoms with Crippen LogP contribution in [0.4, 0.5) is 0 Å². The maximum atomic E-state index is 4.49. The van der Waals surface area contributed by atoms with Gasteiger partial charge in [-0.3, -0.25) is 0 Å². The Morgan fingerprint density at radius 3 is 2.36 bits per heavy atom. The van der Waals surface area contributed by atoms with Gasteiger partial charge in [0.15, 0.2) is 0 Å². The van der Waals surface area contributed by atoms with Crippen LogP contribution in [0.25, 0.3) is 0 Å². The summed E-state index contributed by atoms with van der Waals surface area (Å²) in [6.45, 7) is 12.8. The highest BCUT2D eigenvalue weighted by molar-refractivity contribution is 7.11. The van der Waals surface area contributed by atoms with E-state index < -0.39 is 0 Å². The first kappa shape index (κ1) is 11.7. The zero-order chi connectivity index (χ0) is 10.8. The van der Waals surface area contributed by atoms with Crippen LogP contribution in [0.2, 0.25) is 0 Å². The third kappa shape index (κ3) is 3.76. The highest BCUT2D eigenvalue weighted by atomic mass is 32.1. The lowest BCUT2D eigenvalue weighted by Crippen LogP contribution is -2.26. The van der Waals surface area contributed by atoms with Gasteiger partial charge in [-0.2, -0.15) is 0 Å². The monoisotopic (exact) mass is 212 g/mol. The minimum Gasteiger partial charge on any atom is -0.310 e. The topological polar surface area (TPSA) is 24.9 Å². The summed E-state index contributed by atoms with van der Waals surface area (Å²) in [7, 11) is 0. The van der Waals surface area contributed by atoms with Gasteiger partial charge in [0.25, 0.3) is 0 Å². The minimum atomic E-state index is 0.349. The van der Waals surface area contributed by atoms with Crippen molar-refractivity contribution in [2.24, 2.45) is 5.41 Å². The molecule has 0 amide bonds. The number of thiazole rings is 1. The summed E-state index contributed by atoms with van der Waals surface area (Å²) >= 11 is 1.79. The van der Waals surface area contributed by atoms with Gasteiger partial charge in [-0.05, 0) is 19.3 Å². The van der Waals surface area contributed by atoms with E-state index in [4.69, 9.17) is 0 Å². The number of rotatable bonds is 3. The van der Waals surface area contributed by atoms with Gasteiger partial charge in [0.05, 0.1) is 5.69 Å². The van der Waals surface area contributed by atoms with Gasteiger partial charge in [0.2, 0.25) is 0 Å². The molecule has 1 aromatic heterocycles. The Kier molecular flexibility index (Phi) is 3.67. The SMILES string of the molecule is Cc1nc(CNCC(C)(C)C)sc1C. The molecule has 3 heteroatoms. The molecule has 1 aromatic rings. The summed E-state index contributed by atoms with van der Waals surface area (Å²) in [6, 6.07) is 0. The first-order valence-corrected chi connectivity index (χ1v) is 5.84. The van der Waals surface area contributed by atoms with Gasteiger partial charge >= 0.3 is 0 Å². The van der Waals surface area contributed by atoms with Crippen LogP contribution in [0.1, 0.15) is 36.3 Å². The van der Waals surface area contributed by atoms with E-state index in [9.17, 15) is 0 Å². The third-order valence-corrected chi connectivity index (χ3v) is 3.08. The summed E-state index contributed by atoms with van der Waals surface area (Å²) < 4.78 is 0. The lowest BCUT2D eigenvalue weighted by molar-refractivity contribution is 0.379. The zero-order valence-electron chi connectivity index (χ0n) is 9.77. The molecule has 80 valence electrons. The smallest absolute Gasteiger partial charge is 0.107 e. The molecule has 1 rings (SSSR count).